The number of hydrogen-bond acceptors (Lipinski definition) is 1. The van der Waals surface area contributed by atoms with E-state index in [1.54, 1.807) is 0 Å². The topological polar surface area (TPSA) is 37.3 Å². The van der Waals surface area contributed by atoms with Crippen LogP contribution in [0.2, 0.25) is 10.0 Å². The van der Waals surface area contributed by atoms with Crippen LogP contribution in [0.3, 0.4) is 0 Å². The first-order valence-electron chi connectivity index (χ1n) is 4.19. The Kier molecular flexibility index (Phi) is 4.06. The van der Waals surface area contributed by atoms with E-state index < -0.39 is 23.3 Å². The molecule has 92 valence electrons. The number of halogens is 5. The van der Waals surface area contributed by atoms with Crippen molar-refractivity contribution in [3.63, 3.8) is 0 Å². The van der Waals surface area contributed by atoms with Crippen LogP contribution in [-0.4, -0.2) is 17.3 Å². The van der Waals surface area contributed by atoms with Crippen molar-refractivity contribution in [2.75, 3.05) is 0 Å². The summed E-state index contributed by atoms with van der Waals surface area (Å²) in [7, 11) is 0. The third-order valence-corrected chi connectivity index (χ3v) is 2.63. The number of carbonyl (C=O) groups is 1. The maximum absolute atomic E-state index is 12.6. The summed E-state index contributed by atoms with van der Waals surface area (Å²) in [6.45, 7) is 0. The van der Waals surface area contributed by atoms with Crippen molar-refractivity contribution in [2.45, 2.75) is 6.18 Å². The minimum atomic E-state index is -4.83. The predicted octanol–water partition coefficient (Wildman–Crippen LogP) is 4.02. The summed E-state index contributed by atoms with van der Waals surface area (Å²) < 4.78 is 37.9. The van der Waals surface area contributed by atoms with Crippen LogP contribution < -0.4 is 0 Å². The normalized spacial score (nSPS) is 12.6. The molecule has 1 aromatic carbocycles. The van der Waals surface area contributed by atoms with Crippen LogP contribution in [0.5, 0.6) is 0 Å². The second kappa shape index (κ2) is 4.98. The van der Waals surface area contributed by atoms with Crippen molar-refractivity contribution in [2.24, 2.45) is 0 Å². The number of rotatable bonds is 2. The molecule has 0 atom stereocenters. The van der Waals surface area contributed by atoms with Gasteiger partial charge in [0, 0.05) is 11.6 Å². The molecule has 7 heteroatoms. The van der Waals surface area contributed by atoms with Gasteiger partial charge in [0.25, 0.3) is 0 Å². The summed E-state index contributed by atoms with van der Waals surface area (Å²) in [5.41, 5.74) is -1.81. The predicted molar refractivity (Wildman–Crippen MR) is 58.1 cm³/mol. The summed E-state index contributed by atoms with van der Waals surface area (Å²) in [4.78, 5) is 10.4. The molecule has 0 aliphatic heterocycles. The van der Waals surface area contributed by atoms with Gasteiger partial charge in [-0.2, -0.15) is 13.2 Å². The summed E-state index contributed by atoms with van der Waals surface area (Å²) in [5.74, 6) is -1.71. The van der Waals surface area contributed by atoms with Crippen molar-refractivity contribution in [1.82, 2.24) is 0 Å². The molecular weight excluding hydrogens is 280 g/mol. The second-order valence-corrected chi connectivity index (χ2v) is 3.78. The Balaban J connectivity index is 3.44. The van der Waals surface area contributed by atoms with E-state index in [1.807, 2.05) is 0 Å². The maximum atomic E-state index is 12.6. The molecular formula is C10H5Cl2F3O2. The summed E-state index contributed by atoms with van der Waals surface area (Å²) in [6.07, 6.45) is -4.77. The van der Waals surface area contributed by atoms with Crippen LogP contribution in [0.25, 0.3) is 5.57 Å². The molecule has 0 saturated carbocycles. The van der Waals surface area contributed by atoms with Gasteiger partial charge in [0.15, 0.2) is 0 Å². The first-order chi connectivity index (χ1) is 7.73. The van der Waals surface area contributed by atoms with E-state index >= 15 is 0 Å². The van der Waals surface area contributed by atoms with Gasteiger partial charge in [0.2, 0.25) is 0 Å². The van der Waals surface area contributed by atoms with Crippen molar-refractivity contribution in [3.05, 3.63) is 39.9 Å². The molecule has 0 unspecified atom stereocenters. The van der Waals surface area contributed by atoms with E-state index in [9.17, 15) is 18.0 Å². The number of hydrogen-bond donors (Lipinski definition) is 1. The molecule has 2 nitrogen and oxygen atoms in total. The smallest absolute Gasteiger partial charge is 0.417 e. The molecule has 1 aromatic rings. The van der Waals surface area contributed by atoms with E-state index in [2.05, 4.69) is 0 Å². The molecule has 17 heavy (non-hydrogen) atoms. The number of benzene rings is 1. The lowest BCUT2D eigenvalue weighted by atomic mass is 10.1. The summed E-state index contributed by atoms with van der Waals surface area (Å²) in [6, 6.07) is 3.61. The fourth-order valence-corrected chi connectivity index (χ4v) is 1.55. The van der Waals surface area contributed by atoms with Gasteiger partial charge in [-0.25, -0.2) is 4.79 Å². The maximum Gasteiger partial charge on any atom is 0.417 e. The van der Waals surface area contributed by atoms with Crippen LogP contribution >= 0.6 is 23.2 Å². The zero-order chi connectivity index (χ0) is 13.2. The van der Waals surface area contributed by atoms with Crippen LogP contribution in [0.4, 0.5) is 13.2 Å². The highest BCUT2D eigenvalue weighted by atomic mass is 35.5. The molecule has 1 rings (SSSR count). The molecule has 0 bridgehead atoms. The van der Waals surface area contributed by atoms with Gasteiger partial charge in [-0.1, -0.05) is 35.3 Å². The minimum absolute atomic E-state index is 0.0531. The number of alkyl halides is 3. The Hall–Kier alpha value is -1.20. The lowest BCUT2D eigenvalue weighted by Crippen LogP contribution is -2.13. The third-order valence-electron chi connectivity index (χ3n) is 1.81. The zero-order valence-electron chi connectivity index (χ0n) is 8.05. The van der Waals surface area contributed by atoms with Gasteiger partial charge in [-0.3, -0.25) is 0 Å². The van der Waals surface area contributed by atoms with Crippen molar-refractivity contribution < 1.29 is 23.1 Å². The SMILES string of the molecule is O=C(O)/C=C(\c1cccc(Cl)c1Cl)C(F)(F)F. The van der Waals surface area contributed by atoms with Gasteiger partial charge in [0.05, 0.1) is 15.6 Å². The van der Waals surface area contributed by atoms with Gasteiger partial charge in [-0.15, -0.1) is 0 Å². The molecule has 0 fully saturated rings. The number of aliphatic carboxylic acids is 1. The standard InChI is InChI=1S/C10H5Cl2F3O2/c11-7-3-1-2-5(9(7)12)6(4-8(16)17)10(13,14)15/h1-4H,(H,16,17)/b6-4+. The highest BCUT2D eigenvalue weighted by Crippen LogP contribution is 2.39. The van der Waals surface area contributed by atoms with E-state index in [-0.39, 0.29) is 16.1 Å². The van der Waals surface area contributed by atoms with Crippen LogP contribution in [0, 0.1) is 0 Å². The molecule has 0 aliphatic rings. The number of carboxylic acids is 1. The lowest BCUT2D eigenvalue weighted by molar-refractivity contribution is -0.131. The van der Waals surface area contributed by atoms with Gasteiger partial charge < -0.3 is 5.11 Å². The number of allylic oxidation sites excluding steroid dienone is 1. The van der Waals surface area contributed by atoms with Crippen molar-refractivity contribution in [1.29, 1.82) is 0 Å². The Morgan fingerprint density at radius 2 is 1.88 bits per heavy atom. The van der Waals surface area contributed by atoms with Gasteiger partial charge in [0.1, 0.15) is 0 Å². The first-order valence-corrected chi connectivity index (χ1v) is 4.95. The fourth-order valence-electron chi connectivity index (χ4n) is 1.15. The second-order valence-electron chi connectivity index (χ2n) is 3.00. The van der Waals surface area contributed by atoms with Gasteiger partial charge in [-0.05, 0) is 6.07 Å². The zero-order valence-corrected chi connectivity index (χ0v) is 9.57. The van der Waals surface area contributed by atoms with Crippen LogP contribution in [-0.2, 0) is 4.79 Å². The van der Waals surface area contributed by atoms with Crippen molar-refractivity contribution >= 4 is 34.7 Å². The molecule has 0 aliphatic carbocycles. The highest BCUT2D eigenvalue weighted by molar-refractivity contribution is 6.43. The molecule has 0 aromatic heterocycles. The summed E-state index contributed by atoms with van der Waals surface area (Å²) in [5, 5.41) is 8.00. The monoisotopic (exact) mass is 284 g/mol. The Morgan fingerprint density at radius 1 is 1.29 bits per heavy atom. The highest BCUT2D eigenvalue weighted by Gasteiger charge is 2.36. The molecule has 0 heterocycles. The summed E-state index contributed by atoms with van der Waals surface area (Å²) >= 11 is 11.2. The van der Waals surface area contributed by atoms with E-state index in [1.165, 1.54) is 12.1 Å². The molecule has 0 amide bonds. The van der Waals surface area contributed by atoms with Crippen LogP contribution in [0.15, 0.2) is 24.3 Å². The Bertz CT molecular complexity index is 481. The number of carboxylic acid groups (broad SMARTS) is 1. The van der Waals surface area contributed by atoms with E-state index in [4.69, 9.17) is 28.3 Å². The largest absolute Gasteiger partial charge is 0.478 e. The fraction of sp³-hybridized carbons (Fsp3) is 0.100. The van der Waals surface area contributed by atoms with E-state index in [0.29, 0.717) is 0 Å². The molecule has 1 N–H and O–H groups in total. The molecule has 0 spiro atoms. The minimum Gasteiger partial charge on any atom is -0.478 e. The van der Waals surface area contributed by atoms with Crippen molar-refractivity contribution in [3.8, 4) is 0 Å². The average molecular weight is 285 g/mol. The third kappa shape index (κ3) is 3.38. The molecule has 0 saturated heterocycles. The Labute approximate surface area is 104 Å². The van der Waals surface area contributed by atoms with Crippen LogP contribution in [0.1, 0.15) is 5.56 Å². The first kappa shape index (κ1) is 13.9. The van der Waals surface area contributed by atoms with E-state index in [0.717, 1.165) is 6.07 Å². The quantitative estimate of drug-likeness (QED) is 0.833. The molecule has 0 radical (unpaired) electrons. The Morgan fingerprint density at radius 3 is 2.35 bits per heavy atom. The lowest BCUT2D eigenvalue weighted by Gasteiger charge is -2.13. The average Bonchev–Trinajstić information content (AvgIpc) is 2.17. The van der Waals surface area contributed by atoms with Gasteiger partial charge >= 0.3 is 12.1 Å².